The molecular weight excluding hydrogens is 410 g/mol. The second-order valence-electron chi connectivity index (χ2n) is 8.57. The van der Waals surface area contributed by atoms with E-state index in [2.05, 4.69) is 33.3 Å². The molecule has 1 N–H and O–H groups in total. The van der Waals surface area contributed by atoms with E-state index in [0.717, 1.165) is 42.4 Å². The summed E-state index contributed by atoms with van der Waals surface area (Å²) in [6.45, 7) is 6.73. The van der Waals surface area contributed by atoms with Crippen molar-refractivity contribution in [2.24, 2.45) is 0 Å². The van der Waals surface area contributed by atoms with Crippen LogP contribution in [0.5, 0.6) is 11.5 Å². The smallest absolute Gasteiger partial charge is 0.161 e. The van der Waals surface area contributed by atoms with Gasteiger partial charge in [0.15, 0.2) is 11.5 Å². The Balaban J connectivity index is 1.49. The molecule has 7 heteroatoms. The maximum atomic E-state index is 10.5. The van der Waals surface area contributed by atoms with Crippen LogP contribution in [-0.2, 0) is 13.1 Å². The zero-order chi connectivity index (χ0) is 22.1. The monoisotopic (exact) mass is 447 g/mol. The van der Waals surface area contributed by atoms with E-state index >= 15 is 0 Å². The van der Waals surface area contributed by atoms with Crippen LogP contribution in [0.1, 0.15) is 48.4 Å². The van der Waals surface area contributed by atoms with Crippen LogP contribution < -0.4 is 9.47 Å². The van der Waals surface area contributed by atoms with Crippen molar-refractivity contribution in [2.75, 3.05) is 40.4 Å². The summed E-state index contributed by atoms with van der Waals surface area (Å²) in [5.74, 6) is 1.38. The lowest BCUT2D eigenvalue weighted by molar-refractivity contribution is 0.0645. The van der Waals surface area contributed by atoms with Gasteiger partial charge in [-0.3, -0.25) is 4.90 Å². The van der Waals surface area contributed by atoms with Gasteiger partial charge in [0.25, 0.3) is 0 Å². The van der Waals surface area contributed by atoms with E-state index in [-0.39, 0.29) is 6.61 Å². The van der Waals surface area contributed by atoms with Crippen LogP contribution in [-0.4, -0.2) is 66.4 Å². The van der Waals surface area contributed by atoms with Crippen molar-refractivity contribution in [3.8, 4) is 11.5 Å². The van der Waals surface area contributed by atoms with Crippen LogP contribution in [0, 0.1) is 6.92 Å². The quantitative estimate of drug-likeness (QED) is 0.592. The van der Waals surface area contributed by atoms with E-state index in [9.17, 15) is 5.11 Å². The third-order valence-corrected chi connectivity index (χ3v) is 6.55. The van der Waals surface area contributed by atoms with Crippen LogP contribution in [0.25, 0.3) is 0 Å². The number of ether oxygens (including phenoxy) is 2. The fraction of sp³-hybridized carbons (Fsp3) is 0.625. The molecule has 1 aliphatic heterocycles. The average Bonchev–Trinajstić information content (AvgIpc) is 3.13. The molecule has 0 unspecified atom stereocenters. The minimum Gasteiger partial charge on any atom is -0.493 e. The predicted molar refractivity (Wildman–Crippen MR) is 126 cm³/mol. The van der Waals surface area contributed by atoms with Crippen molar-refractivity contribution >= 4 is 11.3 Å². The summed E-state index contributed by atoms with van der Waals surface area (Å²) in [5, 5.41) is 13.7. The standard InChI is InChI=1S/C24H37N3O3S/c1-19-18-31-24(25-19)16-26(2)14-20-9-10-22(23(13-20)29-3)30-17-21(28)15-27-11-7-5-4-6-8-12-27/h9-10,13,18,21,28H,4-8,11-12,14-17H2,1-3H3/t21-/m0/s1. The highest BCUT2D eigenvalue weighted by Crippen LogP contribution is 2.29. The summed E-state index contributed by atoms with van der Waals surface area (Å²) in [4.78, 5) is 9.14. The first-order valence-electron chi connectivity index (χ1n) is 11.3. The average molecular weight is 448 g/mol. The molecule has 3 rings (SSSR count). The number of hydrogen-bond donors (Lipinski definition) is 1. The number of nitrogens with zero attached hydrogens (tertiary/aromatic N) is 3. The van der Waals surface area contributed by atoms with Crippen molar-refractivity contribution in [3.05, 3.63) is 39.8 Å². The number of methoxy groups -OCH3 is 1. The van der Waals surface area contributed by atoms with Crippen LogP contribution in [0.2, 0.25) is 0 Å². The van der Waals surface area contributed by atoms with Crippen LogP contribution >= 0.6 is 11.3 Å². The number of likely N-dealkylation sites (tertiary alicyclic amines) is 1. The summed E-state index contributed by atoms with van der Waals surface area (Å²) in [5.41, 5.74) is 2.23. The van der Waals surface area contributed by atoms with E-state index in [1.807, 2.05) is 19.1 Å². The lowest BCUT2D eigenvalue weighted by atomic mass is 10.1. The molecule has 2 heterocycles. The van der Waals surface area contributed by atoms with Crippen molar-refractivity contribution in [1.82, 2.24) is 14.8 Å². The highest BCUT2D eigenvalue weighted by atomic mass is 32.1. The summed E-state index contributed by atoms with van der Waals surface area (Å²) >= 11 is 1.70. The zero-order valence-corrected chi connectivity index (χ0v) is 20.0. The number of benzene rings is 1. The van der Waals surface area contributed by atoms with E-state index in [4.69, 9.17) is 9.47 Å². The molecule has 0 spiro atoms. The van der Waals surface area contributed by atoms with E-state index in [0.29, 0.717) is 18.0 Å². The number of aliphatic hydroxyl groups is 1. The van der Waals surface area contributed by atoms with Crippen molar-refractivity contribution in [2.45, 2.75) is 58.2 Å². The van der Waals surface area contributed by atoms with Crippen molar-refractivity contribution in [3.63, 3.8) is 0 Å². The Kier molecular flexibility index (Phi) is 9.58. The first-order chi connectivity index (χ1) is 15.0. The number of aryl methyl sites for hydroxylation is 1. The topological polar surface area (TPSA) is 58.1 Å². The Morgan fingerprint density at radius 2 is 1.87 bits per heavy atom. The Bertz CT molecular complexity index is 790. The van der Waals surface area contributed by atoms with E-state index in [1.54, 1.807) is 18.4 Å². The van der Waals surface area contributed by atoms with Gasteiger partial charge in [0.1, 0.15) is 17.7 Å². The van der Waals surface area contributed by atoms with Crippen LogP contribution in [0.15, 0.2) is 23.6 Å². The molecular formula is C24H37N3O3S. The normalized spacial score (nSPS) is 16.7. The SMILES string of the molecule is COc1cc(CN(C)Cc2nc(C)cs2)ccc1OC[C@@H](O)CN1CCCCCCC1. The Hall–Kier alpha value is -1.67. The predicted octanol–water partition coefficient (Wildman–Crippen LogP) is 4.10. The van der Waals surface area contributed by atoms with Gasteiger partial charge in [-0.15, -0.1) is 11.3 Å². The third kappa shape index (κ3) is 8.07. The molecule has 0 radical (unpaired) electrons. The molecule has 6 nitrogen and oxygen atoms in total. The minimum absolute atomic E-state index is 0.273. The molecule has 1 atom stereocenters. The molecule has 172 valence electrons. The number of rotatable bonds is 10. The summed E-state index contributed by atoms with van der Waals surface area (Å²) in [7, 11) is 3.75. The molecule has 2 aromatic rings. The fourth-order valence-electron chi connectivity index (χ4n) is 4.04. The minimum atomic E-state index is -0.503. The first-order valence-corrected chi connectivity index (χ1v) is 12.2. The molecule has 0 aliphatic carbocycles. The first kappa shape index (κ1) is 24.0. The molecule has 1 aromatic heterocycles. The lowest BCUT2D eigenvalue weighted by Crippen LogP contribution is -2.37. The number of hydrogen-bond acceptors (Lipinski definition) is 7. The van der Waals surface area contributed by atoms with Crippen molar-refractivity contribution < 1.29 is 14.6 Å². The van der Waals surface area contributed by atoms with Gasteiger partial charge in [0.05, 0.1) is 13.7 Å². The second kappa shape index (κ2) is 12.4. The molecule has 1 fully saturated rings. The van der Waals surface area contributed by atoms with Gasteiger partial charge in [0.2, 0.25) is 0 Å². The third-order valence-electron chi connectivity index (χ3n) is 5.60. The molecule has 0 saturated carbocycles. The molecule has 1 aliphatic rings. The van der Waals surface area contributed by atoms with Crippen molar-refractivity contribution in [1.29, 1.82) is 0 Å². The second-order valence-corrected chi connectivity index (χ2v) is 9.52. The molecule has 0 bridgehead atoms. The number of thiazole rings is 1. The molecule has 1 aromatic carbocycles. The maximum Gasteiger partial charge on any atom is 0.161 e. The number of aromatic nitrogens is 1. The van der Waals surface area contributed by atoms with E-state index in [1.165, 1.54) is 32.1 Å². The van der Waals surface area contributed by atoms with Crippen LogP contribution in [0.4, 0.5) is 0 Å². The Labute approximate surface area is 190 Å². The number of aliphatic hydroxyl groups excluding tert-OH is 1. The van der Waals surface area contributed by atoms with Gasteiger partial charge in [-0.05, 0) is 57.6 Å². The lowest BCUT2D eigenvalue weighted by Gasteiger charge is -2.26. The summed E-state index contributed by atoms with van der Waals surface area (Å²) in [6, 6.07) is 6.02. The summed E-state index contributed by atoms with van der Waals surface area (Å²) in [6.07, 6.45) is 5.88. The fourth-order valence-corrected chi connectivity index (χ4v) is 4.89. The largest absolute Gasteiger partial charge is 0.493 e. The Morgan fingerprint density at radius 3 is 2.55 bits per heavy atom. The molecule has 0 amide bonds. The zero-order valence-electron chi connectivity index (χ0n) is 19.2. The van der Waals surface area contributed by atoms with Gasteiger partial charge in [-0.1, -0.05) is 25.3 Å². The van der Waals surface area contributed by atoms with Gasteiger partial charge in [-0.2, -0.15) is 0 Å². The van der Waals surface area contributed by atoms with Gasteiger partial charge in [-0.25, -0.2) is 4.98 Å². The molecule has 31 heavy (non-hydrogen) atoms. The van der Waals surface area contributed by atoms with E-state index < -0.39 is 6.10 Å². The van der Waals surface area contributed by atoms with Crippen LogP contribution in [0.3, 0.4) is 0 Å². The summed E-state index contributed by atoms with van der Waals surface area (Å²) < 4.78 is 11.5. The highest BCUT2D eigenvalue weighted by Gasteiger charge is 2.15. The maximum absolute atomic E-state index is 10.5. The molecule has 1 saturated heterocycles. The van der Waals surface area contributed by atoms with Gasteiger partial charge >= 0.3 is 0 Å². The number of β-amino-alcohol motifs (C(OH)–C–C–N with tert-alkyl or cyclic N) is 1. The van der Waals surface area contributed by atoms with Gasteiger partial charge < -0.3 is 19.5 Å². The Morgan fingerprint density at radius 1 is 1.13 bits per heavy atom. The van der Waals surface area contributed by atoms with Gasteiger partial charge in [0, 0.05) is 24.2 Å². The highest BCUT2D eigenvalue weighted by molar-refractivity contribution is 7.09.